The van der Waals surface area contributed by atoms with Gasteiger partial charge in [-0.25, -0.2) is 13.1 Å². The highest BCUT2D eigenvalue weighted by Crippen LogP contribution is 1.99. The van der Waals surface area contributed by atoms with Crippen molar-refractivity contribution in [2.75, 3.05) is 31.9 Å². The van der Waals surface area contributed by atoms with Gasteiger partial charge in [0.15, 0.2) is 0 Å². The summed E-state index contributed by atoms with van der Waals surface area (Å²) >= 11 is 0. The van der Waals surface area contributed by atoms with Gasteiger partial charge in [0.1, 0.15) is 0 Å². The van der Waals surface area contributed by atoms with Crippen LogP contribution >= 0.6 is 0 Å². The van der Waals surface area contributed by atoms with E-state index in [0.717, 1.165) is 25.9 Å². The van der Waals surface area contributed by atoms with Gasteiger partial charge < -0.3 is 4.90 Å². The quantitative estimate of drug-likeness (QED) is 0.708. The first kappa shape index (κ1) is 10.9. The van der Waals surface area contributed by atoms with Crippen LogP contribution in [0.4, 0.5) is 0 Å². The molecule has 4 nitrogen and oxygen atoms in total. The monoisotopic (exact) mass is 206 g/mol. The maximum atomic E-state index is 11.2. The third kappa shape index (κ3) is 4.06. The highest BCUT2D eigenvalue weighted by Gasteiger charge is 2.17. The molecule has 0 aromatic heterocycles. The normalized spacial score (nSPS) is 24.1. The van der Waals surface area contributed by atoms with Crippen molar-refractivity contribution in [1.29, 1.82) is 0 Å². The van der Waals surface area contributed by atoms with Crippen LogP contribution in [0.3, 0.4) is 0 Å². The van der Waals surface area contributed by atoms with Gasteiger partial charge in [0, 0.05) is 19.6 Å². The Hall–Kier alpha value is -0.130. The van der Waals surface area contributed by atoms with Gasteiger partial charge in [-0.05, 0) is 13.0 Å². The first-order valence-electron chi connectivity index (χ1n) is 4.84. The lowest BCUT2D eigenvalue weighted by molar-refractivity contribution is 0.295. The zero-order valence-electron chi connectivity index (χ0n) is 8.12. The third-order valence-electron chi connectivity index (χ3n) is 2.25. The topological polar surface area (TPSA) is 49.4 Å². The highest BCUT2D eigenvalue weighted by atomic mass is 32.2. The van der Waals surface area contributed by atoms with Crippen LogP contribution in [0.15, 0.2) is 0 Å². The molecule has 1 N–H and O–H groups in total. The van der Waals surface area contributed by atoms with Crippen LogP contribution in [0.1, 0.15) is 19.8 Å². The molecule has 0 radical (unpaired) electrons. The van der Waals surface area contributed by atoms with Crippen molar-refractivity contribution in [2.24, 2.45) is 0 Å². The Morgan fingerprint density at radius 1 is 1.38 bits per heavy atom. The van der Waals surface area contributed by atoms with Crippen molar-refractivity contribution < 1.29 is 8.42 Å². The summed E-state index contributed by atoms with van der Waals surface area (Å²) in [4.78, 5) is 2.21. The molecule has 1 aliphatic heterocycles. The van der Waals surface area contributed by atoms with Gasteiger partial charge in [0.2, 0.25) is 10.0 Å². The van der Waals surface area contributed by atoms with Crippen LogP contribution in [0.2, 0.25) is 0 Å². The summed E-state index contributed by atoms with van der Waals surface area (Å²) in [5, 5.41) is 0. The second-order valence-corrected chi connectivity index (χ2v) is 5.33. The molecule has 0 bridgehead atoms. The molecule has 0 unspecified atom stereocenters. The number of unbranched alkanes of at least 4 members (excludes halogenated alkanes) is 1. The second-order valence-electron chi connectivity index (χ2n) is 3.41. The van der Waals surface area contributed by atoms with E-state index in [9.17, 15) is 8.42 Å². The van der Waals surface area contributed by atoms with E-state index in [0.29, 0.717) is 13.1 Å². The maximum absolute atomic E-state index is 11.2. The molecule has 78 valence electrons. The van der Waals surface area contributed by atoms with Gasteiger partial charge in [-0.3, -0.25) is 0 Å². The number of hydrogen-bond acceptors (Lipinski definition) is 3. The molecule has 0 spiro atoms. The minimum atomic E-state index is -2.97. The van der Waals surface area contributed by atoms with Crippen molar-refractivity contribution in [2.45, 2.75) is 19.8 Å². The lowest BCUT2D eigenvalue weighted by Gasteiger charge is -2.17. The highest BCUT2D eigenvalue weighted by molar-refractivity contribution is 7.89. The fourth-order valence-corrected chi connectivity index (χ4v) is 2.44. The van der Waals surface area contributed by atoms with E-state index >= 15 is 0 Å². The van der Waals surface area contributed by atoms with Crippen molar-refractivity contribution in [3.63, 3.8) is 0 Å². The molecular formula is C8H18N2O2S. The molecule has 0 aliphatic carbocycles. The molecule has 5 heteroatoms. The lowest BCUT2D eigenvalue weighted by atomic mass is 10.3. The van der Waals surface area contributed by atoms with Crippen LogP contribution in [0, 0.1) is 0 Å². The standard InChI is InChI=1S/C8H18N2O2S/c1-2-3-5-10-6-4-9-13(11,12)8-7-10/h9H,2-8H2,1H3. The smallest absolute Gasteiger partial charge is 0.212 e. The Morgan fingerprint density at radius 3 is 2.85 bits per heavy atom. The minimum absolute atomic E-state index is 0.247. The van der Waals surface area contributed by atoms with Crippen molar-refractivity contribution >= 4 is 10.0 Å². The fraction of sp³-hybridized carbons (Fsp3) is 1.00. The molecule has 13 heavy (non-hydrogen) atoms. The van der Waals surface area contributed by atoms with E-state index in [1.54, 1.807) is 0 Å². The van der Waals surface area contributed by atoms with E-state index in [4.69, 9.17) is 0 Å². The molecule has 0 amide bonds. The first-order valence-corrected chi connectivity index (χ1v) is 6.49. The summed E-state index contributed by atoms with van der Waals surface area (Å²) in [6.45, 7) is 5.25. The Balaban J connectivity index is 2.36. The number of hydrogen-bond donors (Lipinski definition) is 1. The van der Waals surface area contributed by atoms with Crippen LogP contribution in [-0.4, -0.2) is 45.2 Å². The van der Waals surface area contributed by atoms with Crippen molar-refractivity contribution in [3.8, 4) is 0 Å². The molecule has 1 saturated heterocycles. The van der Waals surface area contributed by atoms with Gasteiger partial charge in [-0.1, -0.05) is 13.3 Å². The Labute approximate surface area is 80.4 Å². The summed E-state index contributed by atoms with van der Waals surface area (Å²) in [6, 6.07) is 0. The summed E-state index contributed by atoms with van der Waals surface area (Å²) in [5.41, 5.74) is 0. The van der Waals surface area contributed by atoms with Gasteiger partial charge >= 0.3 is 0 Å². The molecule has 0 aromatic carbocycles. The largest absolute Gasteiger partial charge is 0.301 e. The average Bonchev–Trinajstić information content (AvgIpc) is 2.23. The Kier molecular flexibility index (Phi) is 4.15. The number of nitrogens with zero attached hydrogens (tertiary/aromatic N) is 1. The van der Waals surface area contributed by atoms with Crippen molar-refractivity contribution in [3.05, 3.63) is 0 Å². The van der Waals surface area contributed by atoms with E-state index in [1.165, 1.54) is 0 Å². The number of sulfonamides is 1. The Bertz CT molecular complexity index is 239. The predicted molar refractivity (Wildman–Crippen MR) is 53.1 cm³/mol. The molecule has 0 aromatic rings. The predicted octanol–water partition coefficient (Wildman–Crippen LogP) is 0.0215. The lowest BCUT2D eigenvalue weighted by Crippen LogP contribution is -2.29. The molecular weight excluding hydrogens is 188 g/mol. The van der Waals surface area contributed by atoms with Gasteiger partial charge in [0.25, 0.3) is 0 Å². The van der Waals surface area contributed by atoms with Gasteiger partial charge in [-0.2, -0.15) is 0 Å². The van der Waals surface area contributed by atoms with Crippen LogP contribution in [0.5, 0.6) is 0 Å². The molecule has 1 fully saturated rings. The second kappa shape index (κ2) is 4.93. The van der Waals surface area contributed by atoms with Gasteiger partial charge in [-0.15, -0.1) is 0 Å². The van der Waals surface area contributed by atoms with E-state index < -0.39 is 10.0 Å². The SMILES string of the molecule is CCCCN1CCNS(=O)(=O)CC1. The summed E-state index contributed by atoms with van der Waals surface area (Å²) in [5.74, 6) is 0.247. The van der Waals surface area contributed by atoms with Crippen LogP contribution in [-0.2, 0) is 10.0 Å². The number of rotatable bonds is 3. The molecule has 1 rings (SSSR count). The first-order chi connectivity index (χ1) is 6.14. The molecule has 1 heterocycles. The van der Waals surface area contributed by atoms with E-state index in [2.05, 4.69) is 16.5 Å². The average molecular weight is 206 g/mol. The zero-order valence-corrected chi connectivity index (χ0v) is 8.94. The summed E-state index contributed by atoms with van der Waals surface area (Å²) in [7, 11) is -2.97. The molecule has 0 atom stereocenters. The number of nitrogens with one attached hydrogen (secondary N) is 1. The fourth-order valence-electron chi connectivity index (χ4n) is 1.40. The van der Waals surface area contributed by atoms with Crippen molar-refractivity contribution in [1.82, 2.24) is 9.62 Å². The molecule has 1 aliphatic rings. The maximum Gasteiger partial charge on any atom is 0.212 e. The minimum Gasteiger partial charge on any atom is -0.301 e. The van der Waals surface area contributed by atoms with Gasteiger partial charge in [0.05, 0.1) is 5.75 Å². The Morgan fingerprint density at radius 2 is 2.15 bits per heavy atom. The zero-order chi connectivity index (χ0) is 9.73. The third-order valence-corrected chi connectivity index (χ3v) is 3.62. The molecule has 0 saturated carbocycles. The summed E-state index contributed by atoms with van der Waals surface area (Å²) < 4.78 is 24.9. The van der Waals surface area contributed by atoms with Crippen LogP contribution < -0.4 is 4.72 Å². The van der Waals surface area contributed by atoms with Crippen LogP contribution in [0.25, 0.3) is 0 Å². The van der Waals surface area contributed by atoms with E-state index in [1.807, 2.05) is 0 Å². The van der Waals surface area contributed by atoms with E-state index in [-0.39, 0.29) is 5.75 Å². The summed E-state index contributed by atoms with van der Waals surface area (Å²) in [6.07, 6.45) is 2.32.